The molecule has 0 N–H and O–H groups in total. The van der Waals surface area contributed by atoms with E-state index < -0.39 is 4.92 Å². The average molecular weight is 269 g/mol. The van der Waals surface area contributed by atoms with E-state index in [1.165, 1.54) is 12.1 Å². The molecular formula is C16H15NO3. The van der Waals surface area contributed by atoms with E-state index in [-0.39, 0.29) is 5.69 Å². The normalized spacial score (nSPS) is 10.7. The predicted molar refractivity (Wildman–Crippen MR) is 78.8 cm³/mol. The first kappa shape index (κ1) is 13.8. The van der Waals surface area contributed by atoms with Crippen LogP contribution >= 0.6 is 0 Å². The summed E-state index contributed by atoms with van der Waals surface area (Å²) in [6.07, 6.45) is 4.79. The number of methoxy groups -OCH3 is 1. The molecule has 0 unspecified atom stereocenters. The summed E-state index contributed by atoms with van der Waals surface area (Å²) in [5.74, 6) is 0.831. The minimum Gasteiger partial charge on any atom is -0.497 e. The Morgan fingerprint density at radius 2 is 1.75 bits per heavy atom. The first-order chi connectivity index (χ1) is 9.69. The van der Waals surface area contributed by atoms with Gasteiger partial charge in [-0.25, -0.2) is 0 Å². The fourth-order valence-electron chi connectivity index (χ4n) is 1.80. The van der Waals surface area contributed by atoms with E-state index in [2.05, 4.69) is 0 Å². The molecule has 0 aromatic heterocycles. The second kappa shape index (κ2) is 6.52. The predicted octanol–water partition coefficient (Wildman–Crippen LogP) is 3.86. The maximum Gasteiger partial charge on any atom is 0.269 e. The number of hydrogen-bond donors (Lipinski definition) is 0. The third kappa shape index (κ3) is 3.68. The summed E-state index contributed by atoms with van der Waals surface area (Å²) >= 11 is 0. The molecule has 0 aliphatic carbocycles. The van der Waals surface area contributed by atoms with Gasteiger partial charge in [-0.2, -0.15) is 0 Å². The molecule has 0 bridgehead atoms. The quantitative estimate of drug-likeness (QED) is 0.611. The highest BCUT2D eigenvalue weighted by Gasteiger charge is 2.02. The molecule has 0 saturated heterocycles. The molecule has 4 nitrogen and oxygen atoms in total. The monoisotopic (exact) mass is 269 g/mol. The van der Waals surface area contributed by atoms with Gasteiger partial charge in [0.1, 0.15) is 5.75 Å². The van der Waals surface area contributed by atoms with E-state index in [9.17, 15) is 10.1 Å². The Labute approximate surface area is 117 Å². The van der Waals surface area contributed by atoms with Crippen molar-refractivity contribution in [3.63, 3.8) is 0 Å². The zero-order valence-corrected chi connectivity index (χ0v) is 11.2. The molecule has 2 aromatic carbocycles. The van der Waals surface area contributed by atoms with Crippen LogP contribution in [-0.4, -0.2) is 12.0 Å². The van der Waals surface area contributed by atoms with Crippen molar-refractivity contribution in [3.8, 4) is 5.75 Å². The van der Waals surface area contributed by atoms with Crippen LogP contribution in [0.2, 0.25) is 0 Å². The van der Waals surface area contributed by atoms with Crippen molar-refractivity contribution in [2.75, 3.05) is 7.11 Å². The molecule has 0 saturated carbocycles. The van der Waals surface area contributed by atoms with Crippen LogP contribution in [0, 0.1) is 10.1 Å². The van der Waals surface area contributed by atoms with E-state index in [0.717, 1.165) is 23.3 Å². The number of allylic oxidation sites excluding steroid dienone is 1. The lowest BCUT2D eigenvalue weighted by Crippen LogP contribution is -1.88. The van der Waals surface area contributed by atoms with Gasteiger partial charge in [-0.3, -0.25) is 10.1 Å². The first-order valence-corrected chi connectivity index (χ1v) is 6.23. The Morgan fingerprint density at radius 3 is 2.30 bits per heavy atom. The first-order valence-electron chi connectivity index (χ1n) is 6.23. The summed E-state index contributed by atoms with van der Waals surface area (Å²) in [5, 5.41) is 10.5. The Hall–Kier alpha value is -2.62. The maximum atomic E-state index is 10.5. The number of nitro benzene ring substituents is 1. The molecule has 0 aliphatic rings. The summed E-state index contributed by atoms with van der Waals surface area (Å²) in [6.45, 7) is 0. The van der Waals surface area contributed by atoms with Gasteiger partial charge in [0.25, 0.3) is 5.69 Å². The Morgan fingerprint density at radius 1 is 1.10 bits per heavy atom. The molecule has 20 heavy (non-hydrogen) atoms. The van der Waals surface area contributed by atoms with E-state index in [4.69, 9.17) is 4.74 Å². The van der Waals surface area contributed by atoms with Crippen LogP contribution in [0.4, 0.5) is 5.69 Å². The topological polar surface area (TPSA) is 52.4 Å². The third-order valence-corrected chi connectivity index (χ3v) is 2.93. The van der Waals surface area contributed by atoms with Gasteiger partial charge in [0, 0.05) is 12.1 Å². The number of rotatable bonds is 5. The van der Waals surface area contributed by atoms with Crippen molar-refractivity contribution in [2.45, 2.75) is 6.42 Å². The zero-order chi connectivity index (χ0) is 14.4. The second-order valence-electron chi connectivity index (χ2n) is 4.30. The number of ether oxygens (including phenoxy) is 1. The van der Waals surface area contributed by atoms with Crippen LogP contribution in [0.15, 0.2) is 54.6 Å². The van der Waals surface area contributed by atoms with Gasteiger partial charge in [0.2, 0.25) is 0 Å². The smallest absolute Gasteiger partial charge is 0.269 e. The van der Waals surface area contributed by atoms with Gasteiger partial charge >= 0.3 is 0 Å². The summed E-state index contributed by atoms with van der Waals surface area (Å²) < 4.78 is 5.09. The van der Waals surface area contributed by atoms with Gasteiger partial charge in [0.05, 0.1) is 12.0 Å². The largest absolute Gasteiger partial charge is 0.497 e. The molecule has 0 radical (unpaired) electrons. The number of hydrogen-bond acceptors (Lipinski definition) is 3. The van der Waals surface area contributed by atoms with Crippen molar-refractivity contribution < 1.29 is 9.66 Å². The SMILES string of the molecule is COc1ccc(/C=C/Cc2ccc([N+](=O)[O-])cc2)cc1. The zero-order valence-electron chi connectivity index (χ0n) is 11.2. The standard InChI is InChI=1S/C16H15NO3/c1-20-16-11-7-14(8-12-16)4-2-3-13-5-9-15(10-6-13)17(18)19/h2,4-12H,3H2,1H3/b4-2+. The van der Waals surface area contributed by atoms with Crippen LogP contribution in [0.1, 0.15) is 11.1 Å². The summed E-state index contributed by atoms with van der Waals surface area (Å²) in [6, 6.07) is 14.4. The number of benzene rings is 2. The lowest BCUT2D eigenvalue weighted by atomic mass is 10.1. The maximum absolute atomic E-state index is 10.5. The molecule has 4 heteroatoms. The molecule has 0 spiro atoms. The minimum absolute atomic E-state index is 0.118. The van der Waals surface area contributed by atoms with Crippen molar-refractivity contribution in [3.05, 3.63) is 75.8 Å². The van der Waals surface area contributed by atoms with E-state index in [0.29, 0.717) is 0 Å². The molecular weight excluding hydrogens is 254 g/mol. The highest BCUT2D eigenvalue weighted by Crippen LogP contribution is 2.14. The third-order valence-electron chi connectivity index (χ3n) is 2.93. The van der Waals surface area contributed by atoms with Crippen molar-refractivity contribution in [2.24, 2.45) is 0 Å². The minimum atomic E-state index is -0.392. The van der Waals surface area contributed by atoms with Crippen LogP contribution < -0.4 is 4.74 Å². The van der Waals surface area contributed by atoms with E-state index >= 15 is 0 Å². The van der Waals surface area contributed by atoms with Crippen molar-refractivity contribution in [1.29, 1.82) is 0 Å². The highest BCUT2D eigenvalue weighted by atomic mass is 16.6. The fraction of sp³-hybridized carbons (Fsp3) is 0.125. The second-order valence-corrected chi connectivity index (χ2v) is 4.30. The average Bonchev–Trinajstić information content (AvgIpc) is 2.48. The summed E-state index contributed by atoms with van der Waals surface area (Å²) in [7, 11) is 1.64. The van der Waals surface area contributed by atoms with Gasteiger partial charge in [-0.15, -0.1) is 0 Å². The van der Waals surface area contributed by atoms with Crippen molar-refractivity contribution >= 4 is 11.8 Å². The molecule has 0 amide bonds. The van der Waals surface area contributed by atoms with Gasteiger partial charge in [-0.1, -0.05) is 36.4 Å². The lowest BCUT2D eigenvalue weighted by molar-refractivity contribution is -0.384. The van der Waals surface area contributed by atoms with Gasteiger partial charge < -0.3 is 4.74 Å². The summed E-state index contributed by atoms with van der Waals surface area (Å²) in [4.78, 5) is 10.2. The number of nitro groups is 1. The lowest BCUT2D eigenvalue weighted by Gasteiger charge is -1.99. The van der Waals surface area contributed by atoms with E-state index in [1.54, 1.807) is 19.2 Å². The molecule has 0 fully saturated rings. The number of non-ortho nitro benzene ring substituents is 1. The van der Waals surface area contributed by atoms with Crippen LogP contribution in [0.25, 0.3) is 6.08 Å². The van der Waals surface area contributed by atoms with E-state index in [1.807, 2.05) is 36.4 Å². The van der Waals surface area contributed by atoms with Crippen LogP contribution in [0.3, 0.4) is 0 Å². The van der Waals surface area contributed by atoms with Gasteiger partial charge in [0.15, 0.2) is 0 Å². The molecule has 102 valence electrons. The highest BCUT2D eigenvalue weighted by molar-refractivity contribution is 5.51. The molecule has 0 aliphatic heterocycles. The molecule has 2 rings (SSSR count). The van der Waals surface area contributed by atoms with Crippen LogP contribution in [0.5, 0.6) is 5.75 Å². The van der Waals surface area contributed by atoms with Gasteiger partial charge in [-0.05, 0) is 29.7 Å². The van der Waals surface area contributed by atoms with Crippen LogP contribution in [-0.2, 0) is 6.42 Å². The fourth-order valence-corrected chi connectivity index (χ4v) is 1.80. The number of nitrogens with zero attached hydrogens (tertiary/aromatic N) is 1. The summed E-state index contributed by atoms with van der Waals surface area (Å²) in [5.41, 5.74) is 2.25. The molecule has 2 aromatic rings. The molecule has 0 atom stereocenters. The van der Waals surface area contributed by atoms with Crippen molar-refractivity contribution in [1.82, 2.24) is 0 Å². The Kier molecular flexibility index (Phi) is 4.50. The Bertz CT molecular complexity index is 601. The molecule has 0 heterocycles. The Balaban J connectivity index is 1.96.